The number of aliphatic hydroxyl groups is 1. The third kappa shape index (κ3) is 2.14. The summed E-state index contributed by atoms with van der Waals surface area (Å²) in [4.78, 5) is 0. The van der Waals surface area contributed by atoms with Gasteiger partial charge in [0.2, 0.25) is 0 Å². The first-order valence-electron chi connectivity index (χ1n) is 6.71. The van der Waals surface area contributed by atoms with E-state index in [1.54, 1.807) is 0 Å². The molecule has 1 N–H and O–H groups in total. The monoisotopic (exact) mass is 242 g/mol. The molecule has 0 radical (unpaired) electrons. The Balaban J connectivity index is 1.53. The highest BCUT2D eigenvalue weighted by Gasteiger charge is 2.43. The van der Waals surface area contributed by atoms with Crippen molar-refractivity contribution in [3.8, 4) is 0 Å². The fraction of sp³-hybridized carbons (Fsp3) is 1.00. The van der Waals surface area contributed by atoms with Crippen LogP contribution in [0, 0.1) is 5.92 Å². The first-order valence-corrected chi connectivity index (χ1v) is 7.87. The molecule has 3 heteroatoms. The summed E-state index contributed by atoms with van der Waals surface area (Å²) < 4.78 is 6.30. The summed E-state index contributed by atoms with van der Waals surface area (Å²) in [5, 5.41) is 9.83. The van der Waals surface area contributed by atoms with Crippen molar-refractivity contribution in [1.29, 1.82) is 0 Å². The number of hydrogen-bond acceptors (Lipinski definition) is 3. The predicted molar refractivity (Wildman–Crippen MR) is 66.7 cm³/mol. The van der Waals surface area contributed by atoms with Gasteiger partial charge in [-0.15, -0.1) is 0 Å². The number of thioether (sulfide) groups is 1. The summed E-state index contributed by atoms with van der Waals surface area (Å²) in [5.74, 6) is 2.56. The van der Waals surface area contributed by atoms with E-state index in [9.17, 15) is 5.11 Å². The molecule has 0 aromatic heterocycles. The topological polar surface area (TPSA) is 29.5 Å². The molecule has 1 spiro atoms. The van der Waals surface area contributed by atoms with Crippen molar-refractivity contribution in [2.45, 2.75) is 62.8 Å². The van der Waals surface area contributed by atoms with Crippen LogP contribution in [0.4, 0.5) is 0 Å². The van der Waals surface area contributed by atoms with E-state index in [1.165, 1.54) is 38.5 Å². The molecule has 0 aromatic carbocycles. The predicted octanol–water partition coefficient (Wildman–Crippen LogP) is 2.59. The lowest BCUT2D eigenvalue weighted by Gasteiger charge is -2.25. The zero-order chi connectivity index (χ0) is 11.0. The minimum atomic E-state index is -0.0753. The molecular formula is C13H22O2S. The fourth-order valence-corrected chi connectivity index (χ4v) is 4.91. The van der Waals surface area contributed by atoms with Crippen molar-refractivity contribution >= 4 is 11.8 Å². The maximum Gasteiger partial charge on any atom is 0.0687 e. The Morgan fingerprint density at radius 1 is 1.19 bits per heavy atom. The number of aliphatic hydroxyl groups excluding tert-OH is 1. The molecule has 2 nitrogen and oxygen atoms in total. The van der Waals surface area contributed by atoms with Gasteiger partial charge >= 0.3 is 0 Å². The molecule has 1 aliphatic carbocycles. The van der Waals surface area contributed by atoms with E-state index >= 15 is 0 Å². The van der Waals surface area contributed by atoms with Crippen LogP contribution in [0.2, 0.25) is 0 Å². The Hall–Kier alpha value is 0.270. The van der Waals surface area contributed by atoms with Crippen LogP contribution in [-0.2, 0) is 4.74 Å². The van der Waals surface area contributed by atoms with E-state index in [2.05, 4.69) is 0 Å². The van der Waals surface area contributed by atoms with E-state index in [4.69, 9.17) is 4.74 Å². The van der Waals surface area contributed by atoms with Gasteiger partial charge in [0.25, 0.3) is 0 Å². The van der Waals surface area contributed by atoms with Crippen molar-refractivity contribution in [2.24, 2.45) is 5.92 Å². The molecule has 3 unspecified atom stereocenters. The van der Waals surface area contributed by atoms with Gasteiger partial charge in [-0.1, -0.05) is 12.8 Å². The van der Waals surface area contributed by atoms with Crippen LogP contribution < -0.4 is 0 Å². The lowest BCUT2D eigenvalue weighted by atomic mass is 9.95. The van der Waals surface area contributed by atoms with E-state index < -0.39 is 0 Å². The van der Waals surface area contributed by atoms with Crippen LogP contribution in [0.1, 0.15) is 44.9 Å². The normalized spacial score (nSPS) is 42.2. The zero-order valence-corrected chi connectivity index (χ0v) is 10.7. The Morgan fingerprint density at radius 2 is 2.00 bits per heavy atom. The minimum Gasteiger partial charge on any atom is -0.392 e. The van der Waals surface area contributed by atoms with Gasteiger partial charge in [0.1, 0.15) is 0 Å². The van der Waals surface area contributed by atoms with Crippen LogP contribution >= 0.6 is 11.8 Å². The van der Waals surface area contributed by atoms with Gasteiger partial charge in [0.05, 0.1) is 17.8 Å². The quantitative estimate of drug-likeness (QED) is 0.807. The Morgan fingerprint density at radius 3 is 2.69 bits per heavy atom. The molecule has 2 heterocycles. The molecule has 0 amide bonds. The third-order valence-corrected chi connectivity index (χ3v) is 5.82. The summed E-state index contributed by atoms with van der Waals surface area (Å²) in [6, 6.07) is 0. The van der Waals surface area contributed by atoms with Crippen molar-refractivity contribution < 1.29 is 9.84 Å². The SMILES string of the molecule is OC1CSCC1CC1CCC2(CCCC2)O1. The minimum absolute atomic E-state index is 0.0753. The van der Waals surface area contributed by atoms with E-state index in [0.29, 0.717) is 12.0 Å². The molecule has 3 aliphatic rings. The first kappa shape index (κ1) is 11.4. The lowest BCUT2D eigenvalue weighted by molar-refractivity contribution is -0.0483. The molecule has 0 aromatic rings. The molecule has 3 atom stereocenters. The van der Waals surface area contributed by atoms with Gasteiger partial charge in [-0.2, -0.15) is 11.8 Å². The van der Waals surface area contributed by atoms with E-state index in [-0.39, 0.29) is 11.7 Å². The van der Waals surface area contributed by atoms with Gasteiger partial charge in [-0.05, 0) is 43.8 Å². The summed E-state index contributed by atoms with van der Waals surface area (Å²) in [6.07, 6.45) is 9.24. The van der Waals surface area contributed by atoms with Gasteiger partial charge in [0.15, 0.2) is 0 Å². The van der Waals surface area contributed by atoms with Gasteiger partial charge in [-0.3, -0.25) is 0 Å². The summed E-state index contributed by atoms with van der Waals surface area (Å²) in [6.45, 7) is 0. The van der Waals surface area contributed by atoms with E-state index in [0.717, 1.165) is 17.9 Å². The number of ether oxygens (including phenoxy) is 1. The maximum atomic E-state index is 9.83. The highest BCUT2D eigenvalue weighted by atomic mass is 32.2. The Kier molecular flexibility index (Phi) is 3.20. The van der Waals surface area contributed by atoms with Crippen LogP contribution in [0.5, 0.6) is 0 Å². The molecular weight excluding hydrogens is 220 g/mol. The largest absolute Gasteiger partial charge is 0.392 e. The third-order valence-electron chi connectivity index (χ3n) is 4.58. The second kappa shape index (κ2) is 4.51. The van der Waals surface area contributed by atoms with Crippen LogP contribution in [-0.4, -0.2) is 34.4 Å². The molecule has 16 heavy (non-hydrogen) atoms. The van der Waals surface area contributed by atoms with Gasteiger partial charge in [-0.25, -0.2) is 0 Å². The zero-order valence-electron chi connectivity index (χ0n) is 9.86. The van der Waals surface area contributed by atoms with Gasteiger partial charge < -0.3 is 9.84 Å². The molecule has 92 valence electrons. The summed E-state index contributed by atoms with van der Waals surface area (Å²) >= 11 is 1.89. The standard InChI is InChI=1S/C13H22O2S/c14-12-9-16-8-10(12)7-11-3-6-13(15-11)4-1-2-5-13/h10-12,14H,1-9H2. The molecule has 2 aliphatic heterocycles. The Bertz CT molecular complexity index is 250. The molecule has 1 saturated carbocycles. The van der Waals surface area contributed by atoms with Crippen molar-refractivity contribution in [3.63, 3.8) is 0 Å². The number of rotatable bonds is 2. The highest BCUT2D eigenvalue weighted by molar-refractivity contribution is 7.99. The maximum absolute atomic E-state index is 9.83. The average molecular weight is 242 g/mol. The second-order valence-corrected chi connectivity index (χ2v) is 6.84. The lowest BCUT2D eigenvalue weighted by Crippen LogP contribution is -2.28. The molecule has 3 rings (SSSR count). The van der Waals surface area contributed by atoms with Crippen molar-refractivity contribution in [2.75, 3.05) is 11.5 Å². The molecule has 2 saturated heterocycles. The average Bonchev–Trinajstić information content (AvgIpc) is 2.96. The first-order chi connectivity index (χ1) is 7.77. The smallest absolute Gasteiger partial charge is 0.0687 e. The second-order valence-electron chi connectivity index (χ2n) is 5.77. The van der Waals surface area contributed by atoms with Crippen LogP contribution in [0.15, 0.2) is 0 Å². The highest BCUT2D eigenvalue weighted by Crippen LogP contribution is 2.45. The van der Waals surface area contributed by atoms with Crippen molar-refractivity contribution in [3.05, 3.63) is 0 Å². The van der Waals surface area contributed by atoms with E-state index in [1.807, 2.05) is 11.8 Å². The molecule has 3 fully saturated rings. The van der Waals surface area contributed by atoms with Crippen LogP contribution in [0.3, 0.4) is 0 Å². The van der Waals surface area contributed by atoms with Crippen molar-refractivity contribution in [1.82, 2.24) is 0 Å². The number of hydrogen-bond donors (Lipinski definition) is 1. The molecule has 0 bridgehead atoms. The fourth-order valence-electron chi connectivity index (χ4n) is 3.60. The van der Waals surface area contributed by atoms with Gasteiger partial charge in [0, 0.05) is 5.75 Å². The Labute approximate surface area is 102 Å². The summed E-state index contributed by atoms with van der Waals surface area (Å²) in [5.41, 5.74) is 0.265. The summed E-state index contributed by atoms with van der Waals surface area (Å²) in [7, 11) is 0. The van der Waals surface area contributed by atoms with Crippen LogP contribution in [0.25, 0.3) is 0 Å².